The molecule has 1 aliphatic rings. The second kappa shape index (κ2) is 12.8. The second-order valence-corrected chi connectivity index (χ2v) is 10.9. The number of amides is 1. The quantitative estimate of drug-likeness (QED) is 0.299. The third-order valence-electron chi connectivity index (χ3n) is 7.29. The largest absolute Gasteiger partial charge is 0.360 e. The van der Waals surface area contributed by atoms with E-state index < -0.39 is 5.60 Å². The number of carbonyl (C=O) groups excluding carboxylic acids is 1. The van der Waals surface area contributed by atoms with E-state index in [9.17, 15) is 10.1 Å². The molecule has 4 rings (SSSR count). The molecule has 198 valence electrons. The predicted molar refractivity (Wildman–Crippen MR) is 154 cm³/mol. The highest BCUT2D eigenvalue weighted by Gasteiger charge is 2.38. The van der Waals surface area contributed by atoms with Crippen molar-refractivity contribution in [3.05, 3.63) is 87.9 Å². The van der Waals surface area contributed by atoms with Crippen molar-refractivity contribution in [3.63, 3.8) is 0 Å². The zero-order valence-electron chi connectivity index (χ0n) is 21.8. The molecule has 1 saturated heterocycles. The number of halogens is 2. The minimum atomic E-state index is -0.567. The Morgan fingerprint density at radius 2 is 1.74 bits per heavy atom. The summed E-state index contributed by atoms with van der Waals surface area (Å²) < 4.78 is 6.47. The fraction of sp³-hybridized carbons (Fsp3) is 0.355. The lowest BCUT2D eigenvalue weighted by Gasteiger charge is -2.42. The van der Waals surface area contributed by atoms with Crippen LogP contribution in [0.25, 0.3) is 11.1 Å². The molecule has 7 heteroatoms. The van der Waals surface area contributed by atoms with Crippen molar-refractivity contribution in [1.82, 2.24) is 4.90 Å². The Balaban J connectivity index is 1.52. The Morgan fingerprint density at radius 3 is 2.37 bits per heavy atom. The normalized spacial score (nSPS) is 16.0. The first-order valence-electron chi connectivity index (χ1n) is 13.0. The van der Waals surface area contributed by atoms with Crippen molar-refractivity contribution < 1.29 is 9.53 Å². The van der Waals surface area contributed by atoms with Crippen LogP contribution in [0.15, 0.2) is 66.7 Å². The number of ether oxygens (including phenoxy) is 1. The highest BCUT2D eigenvalue weighted by Crippen LogP contribution is 2.38. The molecule has 0 spiro atoms. The Morgan fingerprint density at radius 1 is 1.05 bits per heavy atom. The Hall–Kier alpha value is -2.88. The van der Waals surface area contributed by atoms with Crippen LogP contribution in [-0.4, -0.2) is 37.0 Å². The van der Waals surface area contributed by atoms with Gasteiger partial charge >= 0.3 is 0 Å². The third-order valence-corrected chi connectivity index (χ3v) is 7.73. The molecule has 1 fully saturated rings. The number of nitrogens with one attached hydrogen (secondary N) is 1. The van der Waals surface area contributed by atoms with Crippen LogP contribution >= 0.6 is 23.2 Å². The van der Waals surface area contributed by atoms with Crippen molar-refractivity contribution in [2.75, 3.05) is 31.6 Å². The predicted octanol–water partition coefficient (Wildman–Crippen LogP) is 7.52. The number of likely N-dealkylation sites (tertiary alicyclic amines) is 1. The maximum atomic E-state index is 12.8. The maximum absolute atomic E-state index is 12.8. The van der Waals surface area contributed by atoms with Crippen LogP contribution in [0.4, 0.5) is 5.69 Å². The highest BCUT2D eigenvalue weighted by atomic mass is 35.5. The molecule has 1 heterocycles. The first kappa shape index (κ1) is 28.1. The lowest BCUT2D eigenvalue weighted by atomic mass is 9.83. The van der Waals surface area contributed by atoms with E-state index in [1.165, 1.54) is 0 Å². The van der Waals surface area contributed by atoms with Gasteiger partial charge in [-0.1, -0.05) is 79.9 Å². The summed E-state index contributed by atoms with van der Waals surface area (Å²) in [6, 6.07) is 23.0. The van der Waals surface area contributed by atoms with Crippen molar-refractivity contribution in [3.8, 4) is 17.2 Å². The van der Waals surface area contributed by atoms with Crippen LogP contribution < -0.4 is 5.32 Å². The van der Waals surface area contributed by atoms with E-state index in [-0.39, 0.29) is 12.5 Å². The van der Waals surface area contributed by atoms with Crippen LogP contribution in [-0.2, 0) is 15.1 Å². The monoisotopic (exact) mass is 549 g/mol. The smallest absolute Gasteiger partial charge is 0.250 e. The zero-order chi connectivity index (χ0) is 27.1. The van der Waals surface area contributed by atoms with Gasteiger partial charge in [0.1, 0.15) is 6.61 Å². The lowest BCUT2D eigenvalue weighted by Crippen LogP contribution is -2.46. The first-order valence-corrected chi connectivity index (χ1v) is 13.8. The van der Waals surface area contributed by atoms with Crippen LogP contribution in [0, 0.1) is 17.2 Å². The molecule has 1 unspecified atom stereocenters. The summed E-state index contributed by atoms with van der Waals surface area (Å²) in [6.45, 7) is 7.30. The highest BCUT2D eigenvalue weighted by molar-refractivity contribution is 6.35. The average molecular weight is 551 g/mol. The maximum Gasteiger partial charge on any atom is 0.250 e. The molecule has 3 aromatic rings. The van der Waals surface area contributed by atoms with Gasteiger partial charge in [0.05, 0.1) is 17.2 Å². The molecule has 1 amide bonds. The van der Waals surface area contributed by atoms with E-state index in [1.54, 1.807) is 24.3 Å². The molecule has 38 heavy (non-hydrogen) atoms. The molecular weight excluding hydrogens is 517 g/mol. The molecule has 0 aliphatic carbocycles. The Labute approximate surface area is 235 Å². The van der Waals surface area contributed by atoms with Crippen LogP contribution in [0.1, 0.15) is 44.2 Å². The molecular formula is C31H33Cl2N3O2. The van der Waals surface area contributed by atoms with E-state index in [2.05, 4.69) is 54.4 Å². The van der Waals surface area contributed by atoms with E-state index in [0.29, 0.717) is 27.2 Å². The summed E-state index contributed by atoms with van der Waals surface area (Å²) in [5, 5.41) is 13.0. The number of nitriles is 1. The van der Waals surface area contributed by atoms with Gasteiger partial charge < -0.3 is 15.0 Å². The fourth-order valence-electron chi connectivity index (χ4n) is 4.94. The lowest BCUT2D eigenvalue weighted by molar-refractivity contribution is -0.135. The van der Waals surface area contributed by atoms with Crippen molar-refractivity contribution in [1.29, 1.82) is 5.26 Å². The van der Waals surface area contributed by atoms with Crippen LogP contribution in [0.5, 0.6) is 0 Å². The summed E-state index contributed by atoms with van der Waals surface area (Å²) in [4.78, 5) is 15.3. The minimum Gasteiger partial charge on any atom is -0.360 e. The van der Waals surface area contributed by atoms with E-state index in [4.69, 9.17) is 27.9 Å². The van der Waals surface area contributed by atoms with Gasteiger partial charge in [0.25, 0.3) is 0 Å². The topological polar surface area (TPSA) is 65.4 Å². The van der Waals surface area contributed by atoms with Crippen molar-refractivity contribution in [2.45, 2.75) is 38.7 Å². The summed E-state index contributed by atoms with van der Waals surface area (Å²) in [6.07, 6.45) is 2.74. The van der Waals surface area contributed by atoms with E-state index >= 15 is 0 Å². The number of hydrogen-bond donors (Lipinski definition) is 1. The van der Waals surface area contributed by atoms with Crippen molar-refractivity contribution in [2.24, 2.45) is 5.92 Å². The Kier molecular flexibility index (Phi) is 9.46. The van der Waals surface area contributed by atoms with Gasteiger partial charge in [0, 0.05) is 35.4 Å². The van der Waals surface area contributed by atoms with Gasteiger partial charge in [-0.05, 0) is 65.8 Å². The van der Waals surface area contributed by atoms with Gasteiger partial charge in [0.2, 0.25) is 5.91 Å². The molecule has 0 bridgehead atoms. The van der Waals surface area contributed by atoms with Gasteiger partial charge in [-0.25, -0.2) is 0 Å². The summed E-state index contributed by atoms with van der Waals surface area (Å²) in [5.74, 6) is 0.386. The summed E-state index contributed by atoms with van der Waals surface area (Å²) in [5.41, 5.74) is 3.69. The van der Waals surface area contributed by atoms with E-state index in [1.807, 2.05) is 18.2 Å². The molecule has 0 aromatic heterocycles. The molecule has 3 aromatic carbocycles. The third kappa shape index (κ3) is 7.15. The molecule has 5 nitrogen and oxygen atoms in total. The number of anilines is 1. The Bertz CT molecular complexity index is 1270. The minimum absolute atomic E-state index is 0.0819. The number of rotatable bonds is 9. The molecule has 1 aliphatic heterocycles. The molecule has 1 N–H and O–H groups in total. The van der Waals surface area contributed by atoms with E-state index in [0.717, 1.165) is 55.6 Å². The number of nitrogens with zero attached hydrogens (tertiary/aromatic N) is 2. The second-order valence-electron chi connectivity index (χ2n) is 10.1. The van der Waals surface area contributed by atoms with Gasteiger partial charge in [-0.2, -0.15) is 5.26 Å². The number of benzene rings is 3. The van der Waals surface area contributed by atoms with Crippen LogP contribution in [0.2, 0.25) is 10.0 Å². The zero-order valence-corrected chi connectivity index (χ0v) is 23.4. The summed E-state index contributed by atoms with van der Waals surface area (Å²) in [7, 11) is 0. The average Bonchev–Trinajstić information content (AvgIpc) is 2.92. The fourth-order valence-corrected chi connectivity index (χ4v) is 5.47. The first-order chi connectivity index (χ1) is 18.3. The van der Waals surface area contributed by atoms with Crippen LogP contribution in [0.3, 0.4) is 0 Å². The van der Waals surface area contributed by atoms with Gasteiger partial charge in [0.15, 0.2) is 0 Å². The number of carbonyl (C=O) groups is 1. The summed E-state index contributed by atoms with van der Waals surface area (Å²) >= 11 is 12.2. The standard InChI is InChI=1S/C31H33Cl2N3O2/c1-3-22(2)20-36-13-11-31(12-14-36,38-21-30(37)35-29-17-27(32)16-28(33)18-29)26-9-7-24(8-10-26)25-6-4-5-23(15-25)19-34/h4-10,15-18,22H,3,11-14,20-21H2,1-2H3,(H,35,37). The number of hydrogen-bond acceptors (Lipinski definition) is 4. The SMILES string of the molecule is CCC(C)CN1CCC(OCC(=O)Nc2cc(Cl)cc(Cl)c2)(c2ccc(-c3cccc(C#N)c3)cc2)CC1. The molecule has 0 radical (unpaired) electrons. The molecule has 1 atom stereocenters. The van der Waals surface area contributed by atoms with Crippen molar-refractivity contribution >= 4 is 34.8 Å². The van der Waals surface area contributed by atoms with Gasteiger partial charge in [-0.15, -0.1) is 0 Å². The van der Waals surface area contributed by atoms with Gasteiger partial charge in [-0.3, -0.25) is 4.79 Å². The molecule has 0 saturated carbocycles. The number of piperidine rings is 1.